The molecule has 1 aliphatic carbocycles. The molecule has 92 valence electrons. The van der Waals surface area contributed by atoms with Crippen molar-refractivity contribution in [1.82, 2.24) is 4.90 Å². The molecular formula is C13H23NO2. The number of likely N-dealkylation sites (N-methyl/N-ethyl adjacent to an activating group) is 1. The Balaban J connectivity index is 2.10. The van der Waals surface area contributed by atoms with Crippen LogP contribution in [0.2, 0.25) is 0 Å². The topological polar surface area (TPSA) is 29.5 Å². The van der Waals surface area contributed by atoms with Crippen molar-refractivity contribution in [3.8, 4) is 0 Å². The molecule has 3 heteroatoms. The van der Waals surface area contributed by atoms with E-state index < -0.39 is 0 Å². The summed E-state index contributed by atoms with van der Waals surface area (Å²) in [6.45, 7) is 1.53. The smallest absolute Gasteiger partial charge is 0.156 e. The molecule has 0 spiro atoms. The first-order chi connectivity index (χ1) is 7.67. The molecule has 0 N–H and O–H groups in total. The quantitative estimate of drug-likeness (QED) is 0.734. The Morgan fingerprint density at radius 2 is 1.75 bits per heavy atom. The molecule has 0 aromatic heterocycles. The van der Waals surface area contributed by atoms with Crippen molar-refractivity contribution in [2.75, 3.05) is 27.3 Å². The number of ketones is 1. The van der Waals surface area contributed by atoms with Gasteiger partial charge in [0, 0.05) is 19.1 Å². The van der Waals surface area contributed by atoms with Crippen LogP contribution in [0, 0.1) is 5.92 Å². The number of hydrogen-bond acceptors (Lipinski definition) is 3. The van der Waals surface area contributed by atoms with Crippen LogP contribution in [-0.2, 0) is 9.53 Å². The molecule has 16 heavy (non-hydrogen) atoms. The third kappa shape index (κ3) is 2.03. The van der Waals surface area contributed by atoms with Gasteiger partial charge in [-0.3, -0.25) is 9.69 Å². The summed E-state index contributed by atoms with van der Waals surface area (Å²) in [6, 6.07) is 0. The van der Waals surface area contributed by atoms with Crippen LogP contribution in [0.4, 0.5) is 0 Å². The lowest BCUT2D eigenvalue weighted by Crippen LogP contribution is -2.52. The fraction of sp³-hybridized carbons (Fsp3) is 0.923. The van der Waals surface area contributed by atoms with Gasteiger partial charge in [0.05, 0.1) is 5.54 Å². The number of nitrogens with zero attached hydrogens (tertiary/aromatic N) is 1. The second-order valence-electron chi connectivity index (χ2n) is 5.38. The third-order valence-electron chi connectivity index (χ3n) is 4.34. The van der Waals surface area contributed by atoms with Gasteiger partial charge in [-0.2, -0.15) is 0 Å². The molecule has 2 rings (SSSR count). The predicted octanol–water partition coefficient (Wildman–Crippen LogP) is 1.86. The van der Waals surface area contributed by atoms with Crippen molar-refractivity contribution >= 4 is 5.78 Å². The lowest BCUT2D eigenvalue weighted by Gasteiger charge is -2.38. The van der Waals surface area contributed by atoms with E-state index >= 15 is 0 Å². The Hall–Kier alpha value is -0.410. The van der Waals surface area contributed by atoms with E-state index in [1.165, 1.54) is 12.8 Å². The molecule has 2 aliphatic rings. The molecule has 1 saturated heterocycles. The van der Waals surface area contributed by atoms with Gasteiger partial charge < -0.3 is 4.74 Å². The highest BCUT2D eigenvalue weighted by molar-refractivity contribution is 5.90. The molecular weight excluding hydrogens is 202 g/mol. The maximum absolute atomic E-state index is 12.7. The lowest BCUT2D eigenvalue weighted by molar-refractivity contribution is -0.136. The van der Waals surface area contributed by atoms with Crippen molar-refractivity contribution < 1.29 is 9.53 Å². The molecule has 0 atom stereocenters. The zero-order chi connectivity index (χ0) is 11.6. The number of carbonyl (C=O) groups excluding carboxylic acids is 1. The van der Waals surface area contributed by atoms with Crippen LogP contribution in [0.1, 0.15) is 38.5 Å². The number of rotatable bonds is 3. The predicted molar refractivity (Wildman–Crippen MR) is 63.4 cm³/mol. The van der Waals surface area contributed by atoms with E-state index in [9.17, 15) is 4.79 Å². The van der Waals surface area contributed by atoms with Crippen LogP contribution >= 0.6 is 0 Å². The standard InChI is InChI=1S/C13H23NO2/c1-14(2)13(7-3-4-8-13)12(15)11-5-9-16-10-6-11/h11H,3-10H2,1-2H3. The Morgan fingerprint density at radius 1 is 1.19 bits per heavy atom. The summed E-state index contributed by atoms with van der Waals surface area (Å²) < 4.78 is 5.34. The molecule has 0 aromatic rings. The second-order valence-corrected chi connectivity index (χ2v) is 5.38. The van der Waals surface area contributed by atoms with Crippen molar-refractivity contribution in [2.24, 2.45) is 5.92 Å². The molecule has 1 aliphatic heterocycles. The van der Waals surface area contributed by atoms with E-state index in [-0.39, 0.29) is 11.5 Å². The van der Waals surface area contributed by atoms with Crippen LogP contribution in [0.3, 0.4) is 0 Å². The highest BCUT2D eigenvalue weighted by Crippen LogP contribution is 2.38. The largest absolute Gasteiger partial charge is 0.381 e. The van der Waals surface area contributed by atoms with Gasteiger partial charge in [0.1, 0.15) is 0 Å². The lowest BCUT2D eigenvalue weighted by atomic mass is 9.80. The first kappa shape index (κ1) is 12.1. The highest BCUT2D eigenvalue weighted by atomic mass is 16.5. The first-order valence-electron chi connectivity index (χ1n) is 6.46. The SMILES string of the molecule is CN(C)C1(C(=O)C2CCOCC2)CCCC1. The Labute approximate surface area is 98.1 Å². The summed E-state index contributed by atoms with van der Waals surface area (Å²) in [5, 5.41) is 0. The molecule has 0 bridgehead atoms. The van der Waals surface area contributed by atoms with Gasteiger partial charge in [0.15, 0.2) is 5.78 Å². The summed E-state index contributed by atoms with van der Waals surface area (Å²) in [4.78, 5) is 14.8. The van der Waals surface area contributed by atoms with Gasteiger partial charge in [0.25, 0.3) is 0 Å². The van der Waals surface area contributed by atoms with Gasteiger partial charge >= 0.3 is 0 Å². The van der Waals surface area contributed by atoms with E-state index in [0.29, 0.717) is 5.78 Å². The summed E-state index contributed by atoms with van der Waals surface area (Å²) in [6.07, 6.45) is 6.36. The van der Waals surface area contributed by atoms with Gasteiger partial charge in [-0.25, -0.2) is 0 Å². The number of carbonyl (C=O) groups is 1. The zero-order valence-electron chi connectivity index (χ0n) is 10.5. The highest BCUT2D eigenvalue weighted by Gasteiger charge is 2.45. The Bertz CT molecular complexity index is 251. The molecule has 1 saturated carbocycles. The van der Waals surface area contributed by atoms with E-state index in [1.807, 2.05) is 0 Å². The molecule has 0 aromatic carbocycles. The van der Waals surface area contributed by atoms with E-state index in [2.05, 4.69) is 19.0 Å². The van der Waals surface area contributed by atoms with Crippen molar-refractivity contribution in [3.63, 3.8) is 0 Å². The van der Waals surface area contributed by atoms with Crippen molar-refractivity contribution in [1.29, 1.82) is 0 Å². The van der Waals surface area contributed by atoms with Gasteiger partial charge in [-0.1, -0.05) is 12.8 Å². The third-order valence-corrected chi connectivity index (χ3v) is 4.34. The van der Waals surface area contributed by atoms with Crippen LogP contribution < -0.4 is 0 Å². The molecule has 1 heterocycles. The Kier molecular flexibility index (Phi) is 3.65. The minimum Gasteiger partial charge on any atom is -0.381 e. The van der Waals surface area contributed by atoms with Gasteiger partial charge in [0.2, 0.25) is 0 Å². The van der Waals surface area contributed by atoms with Crippen LogP contribution in [0.25, 0.3) is 0 Å². The van der Waals surface area contributed by atoms with Crippen LogP contribution in [0.15, 0.2) is 0 Å². The molecule has 0 amide bonds. The van der Waals surface area contributed by atoms with Crippen LogP contribution in [-0.4, -0.2) is 43.5 Å². The maximum atomic E-state index is 12.7. The van der Waals surface area contributed by atoms with Crippen LogP contribution in [0.5, 0.6) is 0 Å². The Morgan fingerprint density at radius 3 is 2.25 bits per heavy atom. The molecule has 2 fully saturated rings. The number of Topliss-reactive ketones (excluding diaryl/α,β-unsaturated/α-hetero) is 1. The zero-order valence-corrected chi connectivity index (χ0v) is 10.5. The number of hydrogen-bond donors (Lipinski definition) is 0. The fourth-order valence-corrected chi connectivity index (χ4v) is 3.21. The van der Waals surface area contributed by atoms with E-state index in [1.54, 1.807) is 0 Å². The second kappa shape index (κ2) is 4.84. The minimum atomic E-state index is -0.151. The normalized spacial score (nSPS) is 26.2. The average molecular weight is 225 g/mol. The van der Waals surface area contributed by atoms with Crippen molar-refractivity contribution in [3.05, 3.63) is 0 Å². The summed E-state index contributed by atoms with van der Waals surface area (Å²) in [7, 11) is 4.12. The van der Waals surface area contributed by atoms with Gasteiger partial charge in [-0.15, -0.1) is 0 Å². The average Bonchev–Trinajstić information content (AvgIpc) is 2.79. The summed E-state index contributed by atoms with van der Waals surface area (Å²) in [5.74, 6) is 0.729. The maximum Gasteiger partial charge on any atom is 0.156 e. The van der Waals surface area contributed by atoms with Gasteiger partial charge in [-0.05, 0) is 39.8 Å². The first-order valence-corrected chi connectivity index (χ1v) is 6.46. The van der Waals surface area contributed by atoms with Crippen molar-refractivity contribution in [2.45, 2.75) is 44.1 Å². The number of ether oxygens (including phenoxy) is 1. The van der Waals surface area contributed by atoms with E-state index in [4.69, 9.17) is 4.74 Å². The fourth-order valence-electron chi connectivity index (χ4n) is 3.21. The minimum absolute atomic E-state index is 0.151. The molecule has 3 nitrogen and oxygen atoms in total. The molecule has 0 radical (unpaired) electrons. The molecule has 0 unspecified atom stereocenters. The summed E-state index contributed by atoms with van der Waals surface area (Å²) in [5.41, 5.74) is -0.151. The summed E-state index contributed by atoms with van der Waals surface area (Å²) >= 11 is 0. The monoisotopic (exact) mass is 225 g/mol. The van der Waals surface area contributed by atoms with E-state index in [0.717, 1.165) is 38.9 Å².